The third-order valence-electron chi connectivity index (χ3n) is 2.77. The third-order valence-corrected chi connectivity index (χ3v) is 2.77. The van der Waals surface area contributed by atoms with Crippen molar-refractivity contribution in [2.24, 2.45) is 5.73 Å². The van der Waals surface area contributed by atoms with E-state index >= 15 is 0 Å². The van der Waals surface area contributed by atoms with E-state index in [0.717, 1.165) is 12.8 Å². The number of rotatable bonds is 12. The Bertz CT molecular complexity index is 215. The minimum Gasteiger partial charge on any atom is -0.464 e. The van der Waals surface area contributed by atoms with Crippen LogP contribution < -0.4 is 5.73 Å². The molecular formula is C15H29NO2. The predicted molar refractivity (Wildman–Crippen MR) is 76.4 cm³/mol. The van der Waals surface area contributed by atoms with Crippen LogP contribution in [0.25, 0.3) is 0 Å². The lowest BCUT2D eigenvalue weighted by molar-refractivity contribution is -0.143. The van der Waals surface area contributed by atoms with E-state index < -0.39 is 0 Å². The first kappa shape index (κ1) is 17.2. The van der Waals surface area contributed by atoms with Crippen molar-refractivity contribution >= 4 is 5.97 Å². The van der Waals surface area contributed by atoms with Gasteiger partial charge in [-0.2, -0.15) is 0 Å². The van der Waals surface area contributed by atoms with Crippen LogP contribution >= 0.6 is 0 Å². The molecule has 0 spiro atoms. The largest absolute Gasteiger partial charge is 0.464 e. The summed E-state index contributed by atoms with van der Waals surface area (Å²) in [6.07, 6.45) is 14.6. The maximum atomic E-state index is 11.1. The van der Waals surface area contributed by atoms with Gasteiger partial charge in [-0.15, -0.1) is 0 Å². The molecule has 3 heteroatoms. The SMILES string of the molecule is CCCCCCC/C=C/CCCC(=O)OCCN. The number of hydrogen-bond acceptors (Lipinski definition) is 3. The fourth-order valence-electron chi connectivity index (χ4n) is 1.71. The Kier molecular flexibility index (Phi) is 13.6. The Morgan fingerprint density at radius 3 is 2.39 bits per heavy atom. The number of nitrogens with two attached hydrogens (primary N) is 1. The van der Waals surface area contributed by atoms with Crippen molar-refractivity contribution in [3.05, 3.63) is 12.2 Å². The fraction of sp³-hybridized carbons (Fsp3) is 0.800. The van der Waals surface area contributed by atoms with E-state index in [-0.39, 0.29) is 5.97 Å². The number of unbranched alkanes of at least 4 members (excludes halogenated alkanes) is 6. The lowest BCUT2D eigenvalue weighted by atomic mass is 10.1. The van der Waals surface area contributed by atoms with Crippen LogP contribution in [-0.2, 0) is 9.53 Å². The molecule has 0 atom stereocenters. The lowest BCUT2D eigenvalue weighted by Crippen LogP contribution is -2.13. The molecule has 0 rings (SSSR count). The molecular weight excluding hydrogens is 226 g/mol. The van der Waals surface area contributed by atoms with Gasteiger partial charge in [0.2, 0.25) is 0 Å². The second-order valence-electron chi connectivity index (χ2n) is 4.58. The van der Waals surface area contributed by atoms with Gasteiger partial charge in [-0.25, -0.2) is 0 Å². The van der Waals surface area contributed by atoms with Crippen LogP contribution in [0.4, 0.5) is 0 Å². The molecule has 3 nitrogen and oxygen atoms in total. The Morgan fingerprint density at radius 2 is 1.72 bits per heavy atom. The van der Waals surface area contributed by atoms with Gasteiger partial charge in [-0.05, 0) is 25.7 Å². The van der Waals surface area contributed by atoms with Crippen molar-refractivity contribution in [2.45, 2.75) is 64.7 Å². The summed E-state index contributed by atoms with van der Waals surface area (Å²) in [7, 11) is 0. The van der Waals surface area contributed by atoms with E-state index in [1.54, 1.807) is 0 Å². The van der Waals surface area contributed by atoms with Gasteiger partial charge >= 0.3 is 5.97 Å². The quantitative estimate of drug-likeness (QED) is 0.329. The molecule has 0 aromatic heterocycles. The van der Waals surface area contributed by atoms with E-state index in [4.69, 9.17) is 10.5 Å². The Balaban J connectivity index is 3.20. The predicted octanol–water partition coefficient (Wildman–Crippen LogP) is 3.58. The average molecular weight is 255 g/mol. The molecule has 0 aromatic rings. The number of carbonyl (C=O) groups excluding carboxylic acids is 1. The molecule has 18 heavy (non-hydrogen) atoms. The molecule has 0 unspecified atom stereocenters. The summed E-state index contributed by atoms with van der Waals surface area (Å²) in [6.45, 7) is 2.98. The Morgan fingerprint density at radius 1 is 1.06 bits per heavy atom. The summed E-state index contributed by atoms with van der Waals surface area (Å²) >= 11 is 0. The highest BCUT2D eigenvalue weighted by Crippen LogP contribution is 2.06. The van der Waals surface area contributed by atoms with Crippen molar-refractivity contribution in [1.82, 2.24) is 0 Å². The van der Waals surface area contributed by atoms with Gasteiger partial charge < -0.3 is 10.5 Å². The van der Waals surface area contributed by atoms with E-state index in [9.17, 15) is 4.79 Å². The van der Waals surface area contributed by atoms with Crippen molar-refractivity contribution in [1.29, 1.82) is 0 Å². The second-order valence-corrected chi connectivity index (χ2v) is 4.58. The maximum Gasteiger partial charge on any atom is 0.305 e. The molecule has 0 saturated heterocycles. The van der Waals surface area contributed by atoms with Crippen LogP contribution in [0.3, 0.4) is 0 Å². The minimum absolute atomic E-state index is 0.131. The normalized spacial score (nSPS) is 11.0. The highest BCUT2D eigenvalue weighted by Gasteiger charge is 1.99. The molecule has 0 heterocycles. The molecule has 0 aliphatic rings. The van der Waals surface area contributed by atoms with Crippen molar-refractivity contribution in [3.8, 4) is 0 Å². The molecule has 0 fully saturated rings. The van der Waals surface area contributed by atoms with Crippen molar-refractivity contribution in [3.63, 3.8) is 0 Å². The standard InChI is InChI=1S/C15H29NO2/c1-2-3-4-5-6-7-8-9-10-11-12-15(17)18-14-13-16/h8-9H,2-7,10-14,16H2,1H3/b9-8+. The van der Waals surface area contributed by atoms with Crippen LogP contribution in [0.2, 0.25) is 0 Å². The van der Waals surface area contributed by atoms with E-state index in [1.165, 1.54) is 38.5 Å². The first-order valence-corrected chi connectivity index (χ1v) is 7.32. The van der Waals surface area contributed by atoms with E-state index in [2.05, 4.69) is 19.1 Å². The zero-order chi connectivity index (χ0) is 13.5. The zero-order valence-electron chi connectivity index (χ0n) is 11.8. The average Bonchev–Trinajstić information content (AvgIpc) is 2.38. The topological polar surface area (TPSA) is 52.3 Å². The fourth-order valence-corrected chi connectivity index (χ4v) is 1.71. The molecule has 0 amide bonds. The molecule has 0 aliphatic heterocycles. The molecule has 106 valence electrons. The smallest absolute Gasteiger partial charge is 0.305 e. The molecule has 0 radical (unpaired) electrons. The highest BCUT2D eigenvalue weighted by molar-refractivity contribution is 5.69. The molecule has 0 bridgehead atoms. The van der Waals surface area contributed by atoms with Gasteiger partial charge in [0, 0.05) is 13.0 Å². The maximum absolute atomic E-state index is 11.1. The van der Waals surface area contributed by atoms with Gasteiger partial charge in [0.1, 0.15) is 6.61 Å². The highest BCUT2D eigenvalue weighted by atomic mass is 16.5. The Hall–Kier alpha value is -0.830. The Labute approximate surface area is 112 Å². The van der Waals surface area contributed by atoms with Gasteiger partial charge in [-0.3, -0.25) is 4.79 Å². The van der Waals surface area contributed by atoms with Gasteiger partial charge in [-0.1, -0.05) is 44.8 Å². The van der Waals surface area contributed by atoms with Crippen LogP contribution in [0, 0.1) is 0 Å². The summed E-state index contributed by atoms with van der Waals surface area (Å²) in [5.74, 6) is -0.131. The number of ether oxygens (including phenoxy) is 1. The minimum atomic E-state index is -0.131. The summed E-state index contributed by atoms with van der Waals surface area (Å²) in [6, 6.07) is 0. The summed E-state index contributed by atoms with van der Waals surface area (Å²) in [5.41, 5.74) is 5.24. The molecule has 2 N–H and O–H groups in total. The van der Waals surface area contributed by atoms with Crippen LogP contribution in [-0.4, -0.2) is 19.1 Å². The lowest BCUT2D eigenvalue weighted by Gasteiger charge is -2.01. The van der Waals surface area contributed by atoms with Crippen LogP contribution in [0.15, 0.2) is 12.2 Å². The van der Waals surface area contributed by atoms with Gasteiger partial charge in [0.15, 0.2) is 0 Å². The summed E-state index contributed by atoms with van der Waals surface area (Å²) < 4.78 is 4.89. The van der Waals surface area contributed by atoms with Gasteiger partial charge in [0.25, 0.3) is 0 Å². The summed E-state index contributed by atoms with van der Waals surface area (Å²) in [4.78, 5) is 11.1. The molecule has 0 aliphatic carbocycles. The van der Waals surface area contributed by atoms with Gasteiger partial charge in [0.05, 0.1) is 0 Å². The second kappa shape index (κ2) is 14.2. The zero-order valence-corrected chi connectivity index (χ0v) is 11.8. The van der Waals surface area contributed by atoms with Crippen LogP contribution in [0.1, 0.15) is 64.7 Å². The third kappa shape index (κ3) is 13.2. The van der Waals surface area contributed by atoms with E-state index in [0.29, 0.717) is 19.6 Å². The monoisotopic (exact) mass is 255 g/mol. The number of hydrogen-bond donors (Lipinski definition) is 1. The van der Waals surface area contributed by atoms with Crippen molar-refractivity contribution in [2.75, 3.05) is 13.2 Å². The number of allylic oxidation sites excluding steroid dienone is 2. The van der Waals surface area contributed by atoms with E-state index in [1.807, 2.05) is 0 Å². The molecule has 0 aromatic carbocycles. The number of carbonyl (C=O) groups is 1. The molecule has 0 saturated carbocycles. The van der Waals surface area contributed by atoms with Crippen molar-refractivity contribution < 1.29 is 9.53 Å². The first-order chi connectivity index (χ1) is 8.81. The van der Waals surface area contributed by atoms with Crippen LogP contribution in [0.5, 0.6) is 0 Å². The first-order valence-electron chi connectivity index (χ1n) is 7.32. The number of esters is 1. The summed E-state index contributed by atoms with van der Waals surface area (Å²) in [5, 5.41) is 0.